The highest BCUT2D eigenvalue weighted by atomic mass is 16.5. The molecule has 96 valence electrons. The van der Waals surface area contributed by atoms with Gasteiger partial charge in [0.2, 0.25) is 0 Å². The number of hydrogen-bond acceptors (Lipinski definition) is 2. The van der Waals surface area contributed by atoms with E-state index < -0.39 is 0 Å². The smallest absolute Gasteiger partial charge is 0.130 e. The summed E-state index contributed by atoms with van der Waals surface area (Å²) < 4.78 is 11.1. The molecule has 0 aromatic heterocycles. The first kappa shape index (κ1) is 14.1. The number of ether oxygens (including phenoxy) is 2. The highest BCUT2D eigenvalue weighted by Crippen LogP contribution is 2.27. The lowest BCUT2D eigenvalue weighted by Crippen LogP contribution is -1.98. The second kappa shape index (κ2) is 7.38. The molecular formula is C16H20O2. The Hall–Kier alpha value is -1.96. The van der Waals surface area contributed by atoms with Gasteiger partial charge in [0, 0.05) is 11.6 Å². The summed E-state index contributed by atoms with van der Waals surface area (Å²) in [5, 5.41) is 0. The lowest BCUT2D eigenvalue weighted by atomic mass is 10.1. The molecule has 0 bridgehead atoms. The van der Waals surface area contributed by atoms with Gasteiger partial charge >= 0.3 is 0 Å². The standard InChI is InChI=1S/C16H20O2/c1-5-9-17-15-8-7-14(11-13(3)4)16(12-15)18-10-6-2/h5-8,11-12H,1-2,9-10H2,3-4H3. The van der Waals surface area contributed by atoms with Crippen molar-refractivity contribution in [1.82, 2.24) is 0 Å². The fourth-order valence-corrected chi connectivity index (χ4v) is 1.46. The molecule has 18 heavy (non-hydrogen) atoms. The molecule has 0 unspecified atom stereocenters. The summed E-state index contributed by atoms with van der Waals surface area (Å²) in [6, 6.07) is 5.81. The van der Waals surface area contributed by atoms with Crippen LogP contribution >= 0.6 is 0 Å². The fraction of sp³-hybridized carbons (Fsp3) is 0.250. The molecule has 0 saturated heterocycles. The molecule has 0 fully saturated rings. The van der Waals surface area contributed by atoms with Gasteiger partial charge < -0.3 is 9.47 Å². The first-order valence-corrected chi connectivity index (χ1v) is 5.93. The summed E-state index contributed by atoms with van der Waals surface area (Å²) in [7, 11) is 0. The topological polar surface area (TPSA) is 18.5 Å². The molecule has 0 aliphatic rings. The summed E-state index contributed by atoms with van der Waals surface area (Å²) in [5.74, 6) is 1.58. The van der Waals surface area contributed by atoms with Crippen LogP contribution in [0.4, 0.5) is 0 Å². The van der Waals surface area contributed by atoms with Crippen LogP contribution < -0.4 is 9.47 Å². The van der Waals surface area contributed by atoms with Crippen LogP contribution in [-0.4, -0.2) is 13.2 Å². The summed E-state index contributed by atoms with van der Waals surface area (Å²) in [5.41, 5.74) is 2.26. The van der Waals surface area contributed by atoms with Crippen molar-refractivity contribution < 1.29 is 9.47 Å². The third-order valence-electron chi connectivity index (χ3n) is 2.15. The van der Waals surface area contributed by atoms with Crippen molar-refractivity contribution in [2.45, 2.75) is 13.8 Å². The second-order valence-corrected chi connectivity index (χ2v) is 4.12. The third kappa shape index (κ3) is 4.50. The number of hydrogen-bond donors (Lipinski definition) is 0. The Kier molecular flexibility index (Phi) is 5.78. The molecule has 0 spiro atoms. The van der Waals surface area contributed by atoms with Crippen LogP contribution in [0.25, 0.3) is 6.08 Å². The Labute approximate surface area is 109 Å². The van der Waals surface area contributed by atoms with Crippen molar-refractivity contribution in [3.63, 3.8) is 0 Å². The third-order valence-corrected chi connectivity index (χ3v) is 2.15. The molecule has 0 aliphatic heterocycles. The maximum absolute atomic E-state index is 5.64. The Morgan fingerprint density at radius 1 is 1.11 bits per heavy atom. The number of allylic oxidation sites excluding steroid dienone is 1. The number of rotatable bonds is 7. The number of benzene rings is 1. The van der Waals surface area contributed by atoms with Crippen LogP contribution in [-0.2, 0) is 0 Å². The van der Waals surface area contributed by atoms with Gasteiger partial charge in [0.1, 0.15) is 24.7 Å². The van der Waals surface area contributed by atoms with Crippen LogP contribution in [0.5, 0.6) is 11.5 Å². The van der Waals surface area contributed by atoms with E-state index in [4.69, 9.17) is 9.47 Å². The van der Waals surface area contributed by atoms with Gasteiger partial charge in [-0.3, -0.25) is 0 Å². The van der Waals surface area contributed by atoms with Crippen LogP contribution in [0.1, 0.15) is 19.4 Å². The molecule has 1 aromatic carbocycles. The van der Waals surface area contributed by atoms with E-state index in [0.717, 1.165) is 17.1 Å². The van der Waals surface area contributed by atoms with E-state index in [-0.39, 0.29) is 0 Å². The minimum Gasteiger partial charge on any atom is -0.489 e. The maximum atomic E-state index is 5.64. The monoisotopic (exact) mass is 244 g/mol. The first-order chi connectivity index (χ1) is 8.67. The van der Waals surface area contributed by atoms with Crippen molar-refractivity contribution in [3.05, 3.63) is 54.6 Å². The molecule has 0 N–H and O–H groups in total. The van der Waals surface area contributed by atoms with Gasteiger partial charge in [0.25, 0.3) is 0 Å². The van der Waals surface area contributed by atoms with E-state index >= 15 is 0 Å². The van der Waals surface area contributed by atoms with E-state index in [1.165, 1.54) is 5.57 Å². The van der Waals surface area contributed by atoms with Crippen LogP contribution in [0.15, 0.2) is 49.1 Å². The molecule has 0 radical (unpaired) electrons. The minimum absolute atomic E-state index is 0.481. The van der Waals surface area contributed by atoms with Crippen molar-refractivity contribution >= 4 is 6.08 Å². The van der Waals surface area contributed by atoms with Crippen LogP contribution in [0, 0.1) is 0 Å². The predicted molar refractivity (Wildman–Crippen MR) is 77.2 cm³/mol. The summed E-state index contributed by atoms with van der Waals surface area (Å²) in [6.07, 6.45) is 5.52. The molecule has 0 atom stereocenters. The first-order valence-electron chi connectivity index (χ1n) is 5.93. The summed E-state index contributed by atoms with van der Waals surface area (Å²) in [4.78, 5) is 0. The zero-order chi connectivity index (χ0) is 13.4. The molecule has 1 rings (SSSR count). The molecule has 2 heteroatoms. The van der Waals surface area contributed by atoms with E-state index in [1.54, 1.807) is 12.2 Å². The van der Waals surface area contributed by atoms with Crippen molar-refractivity contribution in [2.75, 3.05) is 13.2 Å². The van der Waals surface area contributed by atoms with E-state index in [0.29, 0.717) is 13.2 Å². The molecule has 2 nitrogen and oxygen atoms in total. The Balaban J connectivity index is 2.99. The zero-order valence-electron chi connectivity index (χ0n) is 11.1. The summed E-state index contributed by atoms with van der Waals surface area (Å²) >= 11 is 0. The molecule has 1 aromatic rings. The largest absolute Gasteiger partial charge is 0.489 e. The Morgan fingerprint density at radius 2 is 1.78 bits per heavy atom. The van der Waals surface area contributed by atoms with Crippen molar-refractivity contribution in [2.24, 2.45) is 0 Å². The maximum Gasteiger partial charge on any atom is 0.130 e. The minimum atomic E-state index is 0.481. The van der Waals surface area contributed by atoms with Gasteiger partial charge in [-0.1, -0.05) is 37.0 Å². The fourth-order valence-electron chi connectivity index (χ4n) is 1.46. The van der Waals surface area contributed by atoms with Gasteiger partial charge in [-0.2, -0.15) is 0 Å². The van der Waals surface area contributed by atoms with Crippen LogP contribution in [0.3, 0.4) is 0 Å². The average molecular weight is 244 g/mol. The van der Waals surface area contributed by atoms with Gasteiger partial charge in [-0.05, 0) is 26.0 Å². The normalized spacial score (nSPS) is 9.44. The second-order valence-electron chi connectivity index (χ2n) is 4.12. The highest BCUT2D eigenvalue weighted by Gasteiger charge is 2.03. The van der Waals surface area contributed by atoms with Gasteiger partial charge in [0.15, 0.2) is 0 Å². The van der Waals surface area contributed by atoms with Crippen molar-refractivity contribution in [1.29, 1.82) is 0 Å². The molecular weight excluding hydrogens is 224 g/mol. The Morgan fingerprint density at radius 3 is 2.39 bits per heavy atom. The van der Waals surface area contributed by atoms with Gasteiger partial charge in [-0.25, -0.2) is 0 Å². The highest BCUT2D eigenvalue weighted by molar-refractivity contribution is 5.60. The Bertz CT molecular complexity index is 440. The lowest BCUT2D eigenvalue weighted by molar-refractivity contribution is 0.344. The van der Waals surface area contributed by atoms with Crippen molar-refractivity contribution in [3.8, 4) is 11.5 Å². The summed E-state index contributed by atoms with van der Waals surface area (Å²) in [6.45, 7) is 12.4. The van der Waals surface area contributed by atoms with E-state index in [9.17, 15) is 0 Å². The van der Waals surface area contributed by atoms with Gasteiger partial charge in [0.05, 0.1) is 0 Å². The quantitative estimate of drug-likeness (QED) is 0.668. The van der Waals surface area contributed by atoms with E-state index in [1.807, 2.05) is 18.2 Å². The molecule has 0 amide bonds. The SMILES string of the molecule is C=CCOc1ccc(C=C(C)C)c(OCC=C)c1. The average Bonchev–Trinajstić information content (AvgIpc) is 2.35. The van der Waals surface area contributed by atoms with Crippen LogP contribution in [0.2, 0.25) is 0 Å². The van der Waals surface area contributed by atoms with E-state index in [2.05, 4.69) is 33.1 Å². The predicted octanol–water partition coefficient (Wildman–Crippen LogP) is 4.24. The molecule has 0 heterocycles. The molecule has 0 saturated carbocycles. The molecule has 0 aliphatic carbocycles. The van der Waals surface area contributed by atoms with Gasteiger partial charge in [-0.15, -0.1) is 0 Å². The zero-order valence-corrected chi connectivity index (χ0v) is 11.1. The lowest BCUT2D eigenvalue weighted by Gasteiger charge is -2.11.